The van der Waals surface area contributed by atoms with Gasteiger partial charge in [0.15, 0.2) is 0 Å². The van der Waals surface area contributed by atoms with Crippen molar-refractivity contribution in [2.75, 3.05) is 5.32 Å². The number of carboxylic acids is 1. The summed E-state index contributed by atoms with van der Waals surface area (Å²) in [4.78, 5) is 26.8. The number of carbonyl (C=O) groups excluding carboxylic acids is 1. The van der Waals surface area contributed by atoms with E-state index in [4.69, 9.17) is 5.11 Å². The van der Waals surface area contributed by atoms with Crippen LogP contribution in [0, 0.1) is 11.8 Å². The molecular weight excluding hydrogens is 244 g/mol. The number of aliphatic carboxylic acids is 1. The number of nitrogens with one attached hydrogen (secondary N) is 1. The monoisotopic (exact) mass is 256 g/mol. The van der Waals surface area contributed by atoms with E-state index in [1.807, 2.05) is 30.3 Å². The molecule has 19 heavy (non-hydrogen) atoms. The first kappa shape index (κ1) is 11.6. The van der Waals surface area contributed by atoms with Crippen LogP contribution in [0.15, 0.2) is 36.5 Å². The number of fused-ring (bicyclic) bond motifs is 1. The van der Waals surface area contributed by atoms with Crippen molar-refractivity contribution in [2.45, 2.75) is 6.42 Å². The van der Waals surface area contributed by atoms with Gasteiger partial charge in [0.2, 0.25) is 5.91 Å². The summed E-state index contributed by atoms with van der Waals surface area (Å²) in [6.07, 6.45) is 2.00. The largest absolute Gasteiger partial charge is 0.481 e. The molecule has 0 unspecified atom stereocenters. The van der Waals surface area contributed by atoms with Crippen LogP contribution in [0.3, 0.4) is 0 Å². The summed E-state index contributed by atoms with van der Waals surface area (Å²) in [5.41, 5.74) is 1.45. The van der Waals surface area contributed by atoms with Crippen LogP contribution in [0.2, 0.25) is 0 Å². The minimum absolute atomic E-state index is 0.246. The van der Waals surface area contributed by atoms with Gasteiger partial charge < -0.3 is 10.4 Å². The zero-order chi connectivity index (χ0) is 13.4. The molecule has 96 valence electrons. The van der Waals surface area contributed by atoms with E-state index in [2.05, 4.69) is 10.3 Å². The second-order valence-electron chi connectivity index (χ2n) is 4.69. The molecule has 2 aromatic rings. The topological polar surface area (TPSA) is 79.3 Å². The smallest absolute Gasteiger partial charge is 0.307 e. The molecule has 5 nitrogen and oxygen atoms in total. The second-order valence-corrected chi connectivity index (χ2v) is 4.69. The molecule has 1 amide bonds. The molecule has 3 rings (SSSR count). The van der Waals surface area contributed by atoms with Gasteiger partial charge in [-0.1, -0.05) is 18.2 Å². The molecule has 5 heteroatoms. The maximum absolute atomic E-state index is 11.8. The zero-order valence-corrected chi connectivity index (χ0v) is 10.0. The Bertz CT molecular complexity index is 669. The van der Waals surface area contributed by atoms with Gasteiger partial charge in [0, 0.05) is 5.39 Å². The Morgan fingerprint density at radius 3 is 2.79 bits per heavy atom. The van der Waals surface area contributed by atoms with Crippen molar-refractivity contribution in [3.63, 3.8) is 0 Å². The van der Waals surface area contributed by atoms with Crippen LogP contribution in [0.5, 0.6) is 0 Å². The summed E-state index contributed by atoms with van der Waals surface area (Å²) in [5, 5.41) is 12.4. The standard InChI is InChI=1S/C14H12N2O3/c17-13(10-6-11(10)14(18)19)16-9-5-8-3-1-2-4-12(8)15-7-9/h1-5,7,10-11H,6H2,(H,16,17)(H,18,19)/t10-,11+/m1/s1. The summed E-state index contributed by atoms with van der Waals surface area (Å²) in [6.45, 7) is 0. The number of benzene rings is 1. The third-order valence-corrected chi connectivity index (χ3v) is 3.30. The van der Waals surface area contributed by atoms with Crippen LogP contribution < -0.4 is 5.32 Å². The average molecular weight is 256 g/mol. The number of carbonyl (C=O) groups is 2. The fourth-order valence-corrected chi connectivity index (χ4v) is 2.13. The van der Waals surface area contributed by atoms with Crippen molar-refractivity contribution in [2.24, 2.45) is 11.8 Å². The van der Waals surface area contributed by atoms with E-state index in [0.29, 0.717) is 12.1 Å². The van der Waals surface area contributed by atoms with Gasteiger partial charge in [0.1, 0.15) is 0 Å². The molecule has 1 fully saturated rings. The molecule has 0 bridgehead atoms. The molecule has 2 atom stereocenters. The lowest BCUT2D eigenvalue weighted by atomic mass is 10.2. The highest BCUT2D eigenvalue weighted by Gasteiger charge is 2.48. The molecule has 0 saturated heterocycles. The zero-order valence-electron chi connectivity index (χ0n) is 10.0. The molecule has 2 N–H and O–H groups in total. The molecule has 1 aromatic heterocycles. The summed E-state index contributed by atoms with van der Waals surface area (Å²) in [5.74, 6) is -2.10. The van der Waals surface area contributed by atoms with E-state index in [0.717, 1.165) is 10.9 Å². The number of anilines is 1. The first-order chi connectivity index (χ1) is 9.15. The molecule has 1 heterocycles. The van der Waals surface area contributed by atoms with Gasteiger partial charge in [0.25, 0.3) is 0 Å². The minimum atomic E-state index is -0.906. The van der Waals surface area contributed by atoms with Crippen LogP contribution in [-0.4, -0.2) is 22.0 Å². The number of nitrogens with zero attached hydrogens (tertiary/aromatic N) is 1. The number of carboxylic acid groups (broad SMARTS) is 1. The molecule has 0 radical (unpaired) electrons. The maximum atomic E-state index is 11.8. The predicted octanol–water partition coefficient (Wildman–Crippen LogP) is 1.89. The van der Waals surface area contributed by atoms with E-state index >= 15 is 0 Å². The van der Waals surface area contributed by atoms with Crippen LogP contribution in [-0.2, 0) is 9.59 Å². The predicted molar refractivity (Wildman–Crippen MR) is 69.6 cm³/mol. The maximum Gasteiger partial charge on any atom is 0.307 e. The average Bonchev–Trinajstić information content (AvgIpc) is 3.19. The quantitative estimate of drug-likeness (QED) is 0.879. The number of hydrogen-bond donors (Lipinski definition) is 2. The van der Waals surface area contributed by atoms with Crippen LogP contribution >= 0.6 is 0 Å². The van der Waals surface area contributed by atoms with E-state index in [1.165, 1.54) is 0 Å². The highest BCUT2D eigenvalue weighted by atomic mass is 16.4. The van der Waals surface area contributed by atoms with Crippen LogP contribution in [0.1, 0.15) is 6.42 Å². The van der Waals surface area contributed by atoms with Crippen LogP contribution in [0.4, 0.5) is 5.69 Å². The Hall–Kier alpha value is -2.43. The summed E-state index contributed by atoms with van der Waals surface area (Å²) < 4.78 is 0. The number of rotatable bonds is 3. The van der Waals surface area contributed by atoms with Gasteiger partial charge in [-0.15, -0.1) is 0 Å². The number of amides is 1. The Labute approximate surface area is 109 Å². The van der Waals surface area contributed by atoms with Gasteiger partial charge in [0.05, 0.1) is 29.2 Å². The summed E-state index contributed by atoms with van der Waals surface area (Å²) in [6, 6.07) is 9.43. The lowest BCUT2D eigenvalue weighted by molar-refractivity contribution is -0.139. The second kappa shape index (κ2) is 4.35. The van der Waals surface area contributed by atoms with Gasteiger partial charge in [-0.25, -0.2) is 0 Å². The third kappa shape index (κ3) is 2.27. The minimum Gasteiger partial charge on any atom is -0.481 e. The highest BCUT2D eigenvalue weighted by molar-refractivity contribution is 5.99. The van der Waals surface area contributed by atoms with Gasteiger partial charge >= 0.3 is 5.97 Å². The normalized spacial score (nSPS) is 21.1. The van der Waals surface area contributed by atoms with Crippen molar-refractivity contribution in [1.82, 2.24) is 4.98 Å². The van der Waals surface area contributed by atoms with Crippen molar-refractivity contribution < 1.29 is 14.7 Å². The van der Waals surface area contributed by atoms with Gasteiger partial charge in [-0.05, 0) is 18.6 Å². The summed E-state index contributed by atoms with van der Waals surface area (Å²) in [7, 11) is 0. The molecule has 1 aliphatic rings. The van der Waals surface area contributed by atoms with Crippen molar-refractivity contribution in [3.8, 4) is 0 Å². The highest BCUT2D eigenvalue weighted by Crippen LogP contribution is 2.39. The molecule has 1 aliphatic carbocycles. The molecule has 0 aliphatic heterocycles. The molecule has 0 spiro atoms. The van der Waals surface area contributed by atoms with E-state index in [9.17, 15) is 9.59 Å². The molecular formula is C14H12N2O3. The Balaban J connectivity index is 1.75. The lowest BCUT2D eigenvalue weighted by Crippen LogP contribution is -2.16. The molecule has 1 aromatic carbocycles. The fraction of sp³-hybridized carbons (Fsp3) is 0.214. The van der Waals surface area contributed by atoms with Gasteiger partial charge in [-0.3, -0.25) is 14.6 Å². The van der Waals surface area contributed by atoms with Crippen molar-refractivity contribution >= 4 is 28.5 Å². The Kier molecular flexibility index (Phi) is 2.67. The van der Waals surface area contributed by atoms with E-state index in [-0.39, 0.29) is 5.91 Å². The Morgan fingerprint density at radius 1 is 1.26 bits per heavy atom. The third-order valence-electron chi connectivity index (χ3n) is 3.30. The first-order valence-electron chi connectivity index (χ1n) is 6.03. The molecule has 1 saturated carbocycles. The fourth-order valence-electron chi connectivity index (χ4n) is 2.13. The Morgan fingerprint density at radius 2 is 2.05 bits per heavy atom. The SMILES string of the molecule is O=C(O)[C@H]1C[C@H]1C(=O)Nc1cnc2ccccc2c1. The van der Waals surface area contributed by atoms with Crippen molar-refractivity contribution in [3.05, 3.63) is 36.5 Å². The van der Waals surface area contributed by atoms with Crippen molar-refractivity contribution in [1.29, 1.82) is 0 Å². The lowest BCUT2D eigenvalue weighted by Gasteiger charge is -2.05. The number of para-hydroxylation sites is 1. The number of hydrogen-bond acceptors (Lipinski definition) is 3. The van der Waals surface area contributed by atoms with Gasteiger partial charge in [-0.2, -0.15) is 0 Å². The van der Waals surface area contributed by atoms with E-state index in [1.54, 1.807) is 6.20 Å². The van der Waals surface area contributed by atoms with E-state index < -0.39 is 17.8 Å². The van der Waals surface area contributed by atoms with Crippen LogP contribution in [0.25, 0.3) is 10.9 Å². The summed E-state index contributed by atoms with van der Waals surface area (Å²) >= 11 is 0. The number of aromatic nitrogens is 1. The first-order valence-corrected chi connectivity index (χ1v) is 6.03. The number of pyridine rings is 1.